The Kier molecular flexibility index (Phi) is 2.88. The molecule has 1 rings (SSSR count). The van der Waals surface area contributed by atoms with Crippen LogP contribution >= 0.6 is 0 Å². The Hall–Kier alpha value is -1.28. The molecule has 2 nitrogen and oxygen atoms in total. The van der Waals surface area contributed by atoms with E-state index in [0.717, 1.165) is 16.8 Å². The first kappa shape index (κ1) is 8.81. The summed E-state index contributed by atoms with van der Waals surface area (Å²) in [6, 6.07) is 7.54. The summed E-state index contributed by atoms with van der Waals surface area (Å²) < 4.78 is 0. The highest BCUT2D eigenvalue weighted by Crippen LogP contribution is 2.09. The smallest absolute Gasteiger partial charge is 0.0642 e. The van der Waals surface area contributed by atoms with E-state index in [-0.39, 0.29) is 6.61 Å². The van der Waals surface area contributed by atoms with Gasteiger partial charge >= 0.3 is 0 Å². The van der Waals surface area contributed by atoms with Gasteiger partial charge in [0.25, 0.3) is 0 Å². The quantitative estimate of drug-likeness (QED) is 0.651. The summed E-state index contributed by atoms with van der Waals surface area (Å²) in [5, 5.41) is 8.76. The molecule has 0 bridgehead atoms. The molecular formula is C10H13NO. The Balaban J connectivity index is 2.84. The molecule has 0 fully saturated rings. The van der Waals surface area contributed by atoms with Gasteiger partial charge in [-0.1, -0.05) is 18.2 Å². The molecule has 0 amide bonds. The molecule has 3 N–H and O–H groups in total. The van der Waals surface area contributed by atoms with Crippen molar-refractivity contribution in [2.45, 2.75) is 6.92 Å². The maximum Gasteiger partial charge on any atom is 0.0642 e. The molecule has 0 saturated heterocycles. The van der Waals surface area contributed by atoms with E-state index in [1.54, 1.807) is 0 Å². The second-order valence-corrected chi connectivity index (χ2v) is 2.82. The Labute approximate surface area is 72.3 Å². The number of aliphatic hydroxyl groups excluding tert-OH is 1. The molecule has 0 heterocycles. The van der Waals surface area contributed by atoms with Crippen molar-refractivity contribution in [3.63, 3.8) is 0 Å². The molecule has 0 spiro atoms. The van der Waals surface area contributed by atoms with Gasteiger partial charge in [0.05, 0.1) is 6.61 Å². The van der Waals surface area contributed by atoms with E-state index in [1.165, 1.54) is 0 Å². The number of rotatable bonds is 2. The van der Waals surface area contributed by atoms with Crippen molar-refractivity contribution in [1.82, 2.24) is 0 Å². The molecule has 0 radical (unpaired) electrons. The summed E-state index contributed by atoms with van der Waals surface area (Å²) in [6.45, 7) is 1.99. The third-order valence-corrected chi connectivity index (χ3v) is 1.60. The van der Waals surface area contributed by atoms with Gasteiger partial charge in [-0.05, 0) is 30.2 Å². The number of benzene rings is 1. The molecule has 2 heteroatoms. The first-order valence-corrected chi connectivity index (χ1v) is 3.86. The second-order valence-electron chi connectivity index (χ2n) is 2.82. The molecule has 0 atom stereocenters. The van der Waals surface area contributed by atoms with Gasteiger partial charge < -0.3 is 10.8 Å². The lowest BCUT2D eigenvalue weighted by molar-refractivity contribution is 0.332. The zero-order valence-electron chi connectivity index (χ0n) is 7.12. The highest BCUT2D eigenvalue weighted by atomic mass is 16.3. The van der Waals surface area contributed by atoms with Crippen molar-refractivity contribution in [1.29, 1.82) is 0 Å². The summed E-state index contributed by atoms with van der Waals surface area (Å²) in [7, 11) is 0. The molecule has 1 aromatic rings. The molecule has 64 valence electrons. The molecule has 0 saturated carbocycles. The van der Waals surface area contributed by atoms with E-state index < -0.39 is 0 Å². The Morgan fingerprint density at radius 1 is 1.42 bits per heavy atom. The van der Waals surface area contributed by atoms with Crippen LogP contribution in [0.5, 0.6) is 0 Å². The van der Waals surface area contributed by atoms with Crippen LogP contribution < -0.4 is 5.73 Å². The third-order valence-electron chi connectivity index (χ3n) is 1.60. The van der Waals surface area contributed by atoms with Crippen LogP contribution in [0.15, 0.2) is 29.8 Å². The predicted octanol–water partition coefficient (Wildman–Crippen LogP) is 1.66. The van der Waals surface area contributed by atoms with E-state index in [2.05, 4.69) is 0 Å². The van der Waals surface area contributed by atoms with Crippen LogP contribution in [0.25, 0.3) is 6.08 Å². The van der Waals surface area contributed by atoms with E-state index in [0.29, 0.717) is 0 Å². The van der Waals surface area contributed by atoms with Gasteiger partial charge in [0, 0.05) is 5.69 Å². The molecule has 0 aliphatic heterocycles. The van der Waals surface area contributed by atoms with E-state index >= 15 is 0 Å². The van der Waals surface area contributed by atoms with Crippen LogP contribution in [0.2, 0.25) is 0 Å². The molecule has 0 aromatic heterocycles. The summed E-state index contributed by atoms with van der Waals surface area (Å²) in [4.78, 5) is 0. The minimum Gasteiger partial charge on any atom is -0.399 e. The van der Waals surface area contributed by atoms with Gasteiger partial charge in [0.1, 0.15) is 0 Å². The fourth-order valence-corrected chi connectivity index (χ4v) is 0.922. The topological polar surface area (TPSA) is 46.2 Å². The minimum absolute atomic E-state index is 0.102. The third kappa shape index (κ3) is 2.40. The highest BCUT2D eigenvalue weighted by molar-refractivity contribution is 5.55. The lowest BCUT2D eigenvalue weighted by atomic mass is 10.1. The van der Waals surface area contributed by atoms with Crippen LogP contribution in [0.4, 0.5) is 5.69 Å². The second kappa shape index (κ2) is 3.93. The van der Waals surface area contributed by atoms with Gasteiger partial charge in [-0.15, -0.1) is 0 Å². The molecule has 0 aliphatic rings. The van der Waals surface area contributed by atoms with Gasteiger partial charge in [-0.25, -0.2) is 0 Å². The SMILES string of the molecule is C/C(=C\c1ccc(N)cc1)CO. The van der Waals surface area contributed by atoms with E-state index in [4.69, 9.17) is 10.8 Å². The van der Waals surface area contributed by atoms with Crippen molar-refractivity contribution < 1.29 is 5.11 Å². The maximum absolute atomic E-state index is 8.76. The zero-order chi connectivity index (χ0) is 8.97. The number of nitrogen functional groups attached to an aromatic ring is 1. The van der Waals surface area contributed by atoms with Crippen molar-refractivity contribution in [3.8, 4) is 0 Å². The van der Waals surface area contributed by atoms with E-state index in [9.17, 15) is 0 Å². The number of anilines is 1. The molecule has 1 aromatic carbocycles. The standard InChI is InChI=1S/C10H13NO/c1-8(7-12)6-9-2-4-10(11)5-3-9/h2-6,12H,7,11H2,1H3/b8-6+. The highest BCUT2D eigenvalue weighted by Gasteiger charge is 1.89. The number of hydrogen-bond donors (Lipinski definition) is 2. The molecule has 12 heavy (non-hydrogen) atoms. The molecule has 0 aliphatic carbocycles. The van der Waals surface area contributed by atoms with Gasteiger partial charge in [0.15, 0.2) is 0 Å². The molecule has 0 unspecified atom stereocenters. The minimum atomic E-state index is 0.102. The largest absolute Gasteiger partial charge is 0.399 e. The first-order valence-electron chi connectivity index (χ1n) is 3.86. The lowest BCUT2D eigenvalue weighted by Gasteiger charge is -1.97. The van der Waals surface area contributed by atoms with Crippen LogP contribution in [0.1, 0.15) is 12.5 Å². The average Bonchev–Trinajstić information content (AvgIpc) is 2.09. The van der Waals surface area contributed by atoms with Crippen molar-refractivity contribution in [3.05, 3.63) is 35.4 Å². The van der Waals surface area contributed by atoms with Crippen LogP contribution in [-0.4, -0.2) is 11.7 Å². The molecular weight excluding hydrogens is 150 g/mol. The summed E-state index contributed by atoms with van der Waals surface area (Å²) in [6.07, 6.45) is 1.93. The first-order chi connectivity index (χ1) is 5.72. The van der Waals surface area contributed by atoms with Gasteiger partial charge in [-0.3, -0.25) is 0 Å². The predicted molar refractivity (Wildman–Crippen MR) is 51.6 cm³/mol. The van der Waals surface area contributed by atoms with Gasteiger partial charge in [-0.2, -0.15) is 0 Å². The van der Waals surface area contributed by atoms with Crippen LogP contribution in [0.3, 0.4) is 0 Å². The van der Waals surface area contributed by atoms with Crippen LogP contribution in [-0.2, 0) is 0 Å². The maximum atomic E-state index is 8.76. The fraction of sp³-hybridized carbons (Fsp3) is 0.200. The zero-order valence-corrected chi connectivity index (χ0v) is 7.12. The fourth-order valence-electron chi connectivity index (χ4n) is 0.922. The number of nitrogens with two attached hydrogens (primary N) is 1. The Morgan fingerprint density at radius 2 is 2.00 bits per heavy atom. The van der Waals surface area contributed by atoms with Gasteiger partial charge in [0.2, 0.25) is 0 Å². The summed E-state index contributed by atoms with van der Waals surface area (Å²) in [5.41, 5.74) is 8.29. The average molecular weight is 163 g/mol. The summed E-state index contributed by atoms with van der Waals surface area (Å²) >= 11 is 0. The summed E-state index contributed by atoms with van der Waals surface area (Å²) in [5.74, 6) is 0. The monoisotopic (exact) mass is 163 g/mol. The van der Waals surface area contributed by atoms with Crippen LogP contribution in [0, 0.1) is 0 Å². The van der Waals surface area contributed by atoms with Crippen molar-refractivity contribution in [2.75, 3.05) is 12.3 Å². The Bertz CT molecular complexity index is 274. The Morgan fingerprint density at radius 3 is 2.50 bits per heavy atom. The van der Waals surface area contributed by atoms with Crippen molar-refractivity contribution in [2.24, 2.45) is 0 Å². The number of hydrogen-bond acceptors (Lipinski definition) is 2. The normalized spacial score (nSPS) is 11.7. The number of aliphatic hydroxyl groups is 1. The van der Waals surface area contributed by atoms with E-state index in [1.807, 2.05) is 37.3 Å². The lowest BCUT2D eigenvalue weighted by Crippen LogP contribution is -1.85. The van der Waals surface area contributed by atoms with Crippen molar-refractivity contribution >= 4 is 11.8 Å².